The van der Waals surface area contributed by atoms with Crippen molar-refractivity contribution in [2.24, 2.45) is 0 Å². The molecule has 3 aromatic heterocycles. The third-order valence-corrected chi connectivity index (χ3v) is 5.16. The number of hydrogen-bond acceptors (Lipinski definition) is 7. The summed E-state index contributed by atoms with van der Waals surface area (Å²) >= 11 is 0. The van der Waals surface area contributed by atoms with E-state index in [1.165, 1.54) is 12.1 Å². The Balaban J connectivity index is 1.28. The highest BCUT2D eigenvalue weighted by Gasteiger charge is 2.19. The van der Waals surface area contributed by atoms with Crippen LogP contribution in [0.5, 0.6) is 5.88 Å². The van der Waals surface area contributed by atoms with Gasteiger partial charge in [0, 0.05) is 37.1 Å². The molecule has 9 heteroatoms. The van der Waals surface area contributed by atoms with Crippen molar-refractivity contribution in [1.29, 1.82) is 0 Å². The Morgan fingerprint density at radius 2 is 1.97 bits per heavy atom. The molecule has 8 nitrogen and oxygen atoms in total. The Kier molecular flexibility index (Phi) is 4.62. The SMILES string of the molecule is Cc1onc(-c2ccc(F)cc2)c1COc1ccc(N2CCn3ccnc3C2)nn1. The van der Waals surface area contributed by atoms with E-state index in [1.54, 1.807) is 18.2 Å². The molecule has 4 aromatic rings. The fourth-order valence-corrected chi connectivity index (χ4v) is 3.47. The Bertz CT molecular complexity index is 1150. The monoisotopic (exact) mass is 406 g/mol. The zero-order valence-electron chi connectivity index (χ0n) is 16.3. The maximum Gasteiger partial charge on any atom is 0.233 e. The lowest BCUT2D eigenvalue weighted by Gasteiger charge is -2.28. The van der Waals surface area contributed by atoms with Gasteiger partial charge >= 0.3 is 0 Å². The van der Waals surface area contributed by atoms with Gasteiger partial charge < -0.3 is 18.7 Å². The zero-order valence-corrected chi connectivity index (χ0v) is 16.3. The van der Waals surface area contributed by atoms with Crippen LogP contribution in [0.2, 0.25) is 0 Å². The van der Waals surface area contributed by atoms with Gasteiger partial charge in [0.1, 0.15) is 29.7 Å². The molecule has 152 valence electrons. The molecular formula is C21H19FN6O2. The summed E-state index contributed by atoms with van der Waals surface area (Å²) in [6, 6.07) is 9.79. The summed E-state index contributed by atoms with van der Waals surface area (Å²) in [5.74, 6) is 2.54. The van der Waals surface area contributed by atoms with E-state index in [2.05, 4.69) is 29.8 Å². The first-order valence-corrected chi connectivity index (χ1v) is 9.60. The first kappa shape index (κ1) is 18.3. The number of aromatic nitrogens is 5. The van der Waals surface area contributed by atoms with Crippen molar-refractivity contribution in [2.45, 2.75) is 26.6 Å². The number of fused-ring (bicyclic) bond motifs is 1. The molecule has 0 unspecified atom stereocenters. The van der Waals surface area contributed by atoms with Gasteiger partial charge in [-0.1, -0.05) is 5.16 Å². The van der Waals surface area contributed by atoms with Crippen LogP contribution in [-0.2, 0) is 19.7 Å². The summed E-state index contributed by atoms with van der Waals surface area (Å²) in [6.07, 6.45) is 3.80. The van der Waals surface area contributed by atoms with E-state index < -0.39 is 0 Å². The van der Waals surface area contributed by atoms with Crippen molar-refractivity contribution in [3.8, 4) is 17.1 Å². The number of ether oxygens (including phenoxy) is 1. The first-order chi connectivity index (χ1) is 14.7. The molecule has 30 heavy (non-hydrogen) atoms. The van der Waals surface area contributed by atoms with Crippen LogP contribution in [0.4, 0.5) is 10.2 Å². The maximum absolute atomic E-state index is 13.2. The highest BCUT2D eigenvalue weighted by atomic mass is 19.1. The summed E-state index contributed by atoms with van der Waals surface area (Å²) in [5, 5.41) is 12.6. The second-order valence-corrected chi connectivity index (χ2v) is 7.05. The standard InChI is InChI=1S/C21H19FN6O2/c1-14-17(21(26-30-14)15-2-4-16(22)5-3-15)13-29-20-7-6-18(24-25-20)28-11-10-27-9-8-23-19(27)12-28/h2-9H,10-13H2,1H3. The average molecular weight is 406 g/mol. The van der Waals surface area contributed by atoms with Crippen molar-refractivity contribution in [3.05, 3.63) is 71.8 Å². The van der Waals surface area contributed by atoms with Gasteiger partial charge in [-0.3, -0.25) is 0 Å². The maximum atomic E-state index is 13.2. The predicted octanol–water partition coefficient (Wildman–Crippen LogP) is 3.37. The fourth-order valence-electron chi connectivity index (χ4n) is 3.47. The molecule has 0 saturated heterocycles. The second kappa shape index (κ2) is 7.58. The Labute approximate surface area is 171 Å². The van der Waals surface area contributed by atoms with E-state index in [1.807, 2.05) is 25.4 Å². The summed E-state index contributed by atoms with van der Waals surface area (Å²) < 4.78 is 26.5. The quantitative estimate of drug-likeness (QED) is 0.502. The zero-order chi connectivity index (χ0) is 20.5. The van der Waals surface area contributed by atoms with Gasteiger partial charge in [-0.15, -0.1) is 10.2 Å². The van der Waals surface area contributed by atoms with Gasteiger partial charge in [-0.2, -0.15) is 0 Å². The number of nitrogens with zero attached hydrogens (tertiary/aromatic N) is 6. The molecule has 0 atom stereocenters. The highest BCUT2D eigenvalue weighted by Crippen LogP contribution is 2.27. The molecule has 0 radical (unpaired) electrons. The molecule has 0 bridgehead atoms. The van der Waals surface area contributed by atoms with Gasteiger partial charge in [0.2, 0.25) is 5.88 Å². The average Bonchev–Trinajstić information content (AvgIpc) is 3.39. The molecule has 0 saturated carbocycles. The lowest BCUT2D eigenvalue weighted by molar-refractivity contribution is 0.287. The van der Waals surface area contributed by atoms with Crippen LogP contribution >= 0.6 is 0 Å². The van der Waals surface area contributed by atoms with Gasteiger partial charge in [-0.05, 0) is 37.3 Å². The smallest absolute Gasteiger partial charge is 0.233 e. The Morgan fingerprint density at radius 1 is 1.10 bits per heavy atom. The van der Waals surface area contributed by atoms with Gasteiger partial charge in [0.15, 0.2) is 5.82 Å². The molecule has 0 spiro atoms. The Morgan fingerprint density at radius 3 is 2.77 bits per heavy atom. The number of halogens is 1. The lowest BCUT2D eigenvalue weighted by atomic mass is 10.1. The fraction of sp³-hybridized carbons (Fsp3) is 0.238. The van der Waals surface area contributed by atoms with Gasteiger partial charge in [0.25, 0.3) is 0 Å². The minimum Gasteiger partial charge on any atom is -0.472 e. The number of benzene rings is 1. The Hall–Kier alpha value is -3.75. The number of hydrogen-bond donors (Lipinski definition) is 0. The lowest BCUT2D eigenvalue weighted by Crippen LogP contribution is -2.34. The van der Waals surface area contributed by atoms with Crippen molar-refractivity contribution in [2.75, 3.05) is 11.4 Å². The molecule has 1 aliphatic rings. The van der Waals surface area contributed by atoms with E-state index >= 15 is 0 Å². The summed E-state index contributed by atoms with van der Waals surface area (Å²) in [5.41, 5.74) is 2.17. The number of imidazole rings is 1. The van der Waals surface area contributed by atoms with Crippen LogP contribution < -0.4 is 9.64 Å². The van der Waals surface area contributed by atoms with Crippen LogP contribution in [-0.4, -0.2) is 31.4 Å². The molecule has 0 N–H and O–H groups in total. The second-order valence-electron chi connectivity index (χ2n) is 7.05. The van der Waals surface area contributed by atoms with E-state index in [-0.39, 0.29) is 12.4 Å². The van der Waals surface area contributed by atoms with E-state index in [0.717, 1.165) is 35.9 Å². The molecule has 0 fully saturated rings. The number of anilines is 1. The topological polar surface area (TPSA) is 82.1 Å². The number of rotatable bonds is 5. The molecule has 0 amide bonds. The molecule has 1 aliphatic heterocycles. The van der Waals surface area contributed by atoms with Crippen LogP contribution in [0.25, 0.3) is 11.3 Å². The summed E-state index contributed by atoms with van der Waals surface area (Å²) in [6.45, 7) is 4.45. The first-order valence-electron chi connectivity index (χ1n) is 9.60. The van der Waals surface area contributed by atoms with Crippen molar-refractivity contribution < 1.29 is 13.7 Å². The largest absolute Gasteiger partial charge is 0.472 e. The molecule has 0 aliphatic carbocycles. The third kappa shape index (κ3) is 3.49. The van der Waals surface area contributed by atoms with Crippen LogP contribution in [0.15, 0.2) is 53.3 Å². The normalized spacial score (nSPS) is 13.3. The summed E-state index contributed by atoms with van der Waals surface area (Å²) in [7, 11) is 0. The molecule has 1 aromatic carbocycles. The molecule has 4 heterocycles. The van der Waals surface area contributed by atoms with E-state index in [0.29, 0.717) is 23.9 Å². The van der Waals surface area contributed by atoms with Gasteiger partial charge in [-0.25, -0.2) is 9.37 Å². The van der Waals surface area contributed by atoms with E-state index in [9.17, 15) is 4.39 Å². The van der Waals surface area contributed by atoms with Crippen molar-refractivity contribution in [1.82, 2.24) is 24.9 Å². The van der Waals surface area contributed by atoms with Crippen LogP contribution in [0.1, 0.15) is 17.1 Å². The van der Waals surface area contributed by atoms with Crippen LogP contribution in [0.3, 0.4) is 0 Å². The minimum absolute atomic E-state index is 0.219. The van der Waals surface area contributed by atoms with Gasteiger partial charge in [0.05, 0.1) is 12.1 Å². The van der Waals surface area contributed by atoms with Crippen molar-refractivity contribution >= 4 is 5.82 Å². The summed E-state index contributed by atoms with van der Waals surface area (Å²) in [4.78, 5) is 6.50. The van der Waals surface area contributed by atoms with Crippen molar-refractivity contribution in [3.63, 3.8) is 0 Å². The molecule has 5 rings (SSSR count). The number of aryl methyl sites for hydroxylation is 1. The third-order valence-electron chi connectivity index (χ3n) is 5.16. The van der Waals surface area contributed by atoms with E-state index in [4.69, 9.17) is 9.26 Å². The predicted molar refractivity (Wildman–Crippen MR) is 106 cm³/mol. The van der Waals surface area contributed by atoms with Crippen LogP contribution in [0, 0.1) is 12.7 Å². The molecular weight excluding hydrogens is 387 g/mol. The highest BCUT2D eigenvalue weighted by molar-refractivity contribution is 5.63. The minimum atomic E-state index is -0.301.